The van der Waals surface area contributed by atoms with Crippen molar-refractivity contribution in [3.63, 3.8) is 0 Å². The average Bonchev–Trinajstić information content (AvgIpc) is 3.20. The first kappa shape index (κ1) is 13.5. The number of imidazole rings is 1. The zero-order valence-electron chi connectivity index (χ0n) is 12.7. The number of aryl methyl sites for hydroxylation is 1. The molecule has 6 heteroatoms. The summed E-state index contributed by atoms with van der Waals surface area (Å²) in [5.74, 6) is 0.997. The number of aromatic nitrogens is 5. The van der Waals surface area contributed by atoms with E-state index in [1.54, 1.807) is 6.20 Å². The molecule has 0 spiro atoms. The van der Waals surface area contributed by atoms with Crippen molar-refractivity contribution in [3.05, 3.63) is 42.1 Å². The molecular weight excluding hydrogens is 276 g/mol. The van der Waals surface area contributed by atoms with Gasteiger partial charge in [-0.25, -0.2) is 9.97 Å². The van der Waals surface area contributed by atoms with Crippen LogP contribution in [0.3, 0.4) is 0 Å². The first-order valence-corrected chi connectivity index (χ1v) is 7.81. The van der Waals surface area contributed by atoms with Crippen molar-refractivity contribution < 1.29 is 0 Å². The lowest BCUT2D eigenvalue weighted by Crippen LogP contribution is -2.33. The number of nitrogens with zero attached hydrogens (tertiary/aromatic N) is 5. The van der Waals surface area contributed by atoms with Gasteiger partial charge in [0.2, 0.25) is 0 Å². The van der Waals surface area contributed by atoms with Gasteiger partial charge in [0.05, 0.1) is 24.8 Å². The van der Waals surface area contributed by atoms with Crippen molar-refractivity contribution in [2.45, 2.75) is 38.9 Å². The first-order valence-electron chi connectivity index (χ1n) is 7.81. The molecule has 3 aromatic heterocycles. The second kappa shape index (κ2) is 5.53. The van der Waals surface area contributed by atoms with Gasteiger partial charge in [-0.1, -0.05) is 0 Å². The number of fused-ring (bicyclic) bond motifs is 1. The number of hydrogen-bond donors (Lipinski definition) is 1. The van der Waals surface area contributed by atoms with Crippen molar-refractivity contribution >= 4 is 11.2 Å². The maximum atomic E-state index is 4.59. The second-order valence-corrected chi connectivity index (χ2v) is 6.06. The van der Waals surface area contributed by atoms with Crippen LogP contribution in [0.4, 0.5) is 0 Å². The van der Waals surface area contributed by atoms with E-state index in [0.29, 0.717) is 6.04 Å². The van der Waals surface area contributed by atoms with Crippen molar-refractivity contribution in [1.82, 2.24) is 29.6 Å². The minimum Gasteiger partial charge on any atom is -0.340 e. The van der Waals surface area contributed by atoms with Crippen LogP contribution in [0.5, 0.6) is 0 Å². The van der Waals surface area contributed by atoms with E-state index in [9.17, 15) is 0 Å². The fraction of sp³-hybridized carbons (Fsp3) is 0.438. The lowest BCUT2D eigenvalue weighted by molar-refractivity contribution is 0.215. The van der Waals surface area contributed by atoms with Crippen LogP contribution < -0.4 is 0 Å². The quantitative estimate of drug-likeness (QED) is 0.801. The Labute approximate surface area is 129 Å². The fourth-order valence-corrected chi connectivity index (χ4v) is 3.25. The largest absolute Gasteiger partial charge is 0.340 e. The maximum absolute atomic E-state index is 4.59. The van der Waals surface area contributed by atoms with Gasteiger partial charge in [0.1, 0.15) is 5.82 Å². The summed E-state index contributed by atoms with van der Waals surface area (Å²) in [6, 6.07) is 4.48. The van der Waals surface area contributed by atoms with Crippen LogP contribution >= 0.6 is 0 Å². The van der Waals surface area contributed by atoms with Gasteiger partial charge in [-0.2, -0.15) is 5.10 Å². The molecule has 0 unspecified atom stereocenters. The van der Waals surface area contributed by atoms with Gasteiger partial charge >= 0.3 is 0 Å². The molecule has 6 nitrogen and oxygen atoms in total. The van der Waals surface area contributed by atoms with E-state index in [1.165, 1.54) is 18.4 Å². The number of H-pyrrole nitrogens is 1. The molecular formula is C16H20N6. The second-order valence-electron chi connectivity index (χ2n) is 6.06. The predicted octanol–water partition coefficient (Wildman–Crippen LogP) is 2.13. The SMILES string of the molecule is Cc1cnn(C[C@H]2CCCN2Cc2nc3ncccc3[nH]2)c1. The molecule has 22 heavy (non-hydrogen) atoms. The Kier molecular flexibility index (Phi) is 3.38. The minimum absolute atomic E-state index is 0.528. The first-order chi connectivity index (χ1) is 10.8. The summed E-state index contributed by atoms with van der Waals surface area (Å²) in [5, 5.41) is 4.41. The monoisotopic (exact) mass is 296 g/mol. The van der Waals surface area contributed by atoms with Gasteiger partial charge in [-0.05, 0) is 44.0 Å². The van der Waals surface area contributed by atoms with Crippen molar-refractivity contribution in [1.29, 1.82) is 0 Å². The van der Waals surface area contributed by atoms with Crippen LogP contribution in [0.1, 0.15) is 24.2 Å². The Bertz CT molecular complexity index is 741. The summed E-state index contributed by atoms with van der Waals surface area (Å²) in [7, 11) is 0. The van der Waals surface area contributed by atoms with Crippen LogP contribution in [-0.4, -0.2) is 42.2 Å². The van der Waals surface area contributed by atoms with E-state index in [1.807, 2.05) is 18.3 Å². The smallest absolute Gasteiger partial charge is 0.177 e. The highest BCUT2D eigenvalue weighted by atomic mass is 15.3. The third-order valence-corrected chi connectivity index (χ3v) is 4.32. The van der Waals surface area contributed by atoms with E-state index in [2.05, 4.69) is 42.8 Å². The Balaban J connectivity index is 1.48. The topological polar surface area (TPSA) is 62.6 Å². The van der Waals surface area contributed by atoms with Crippen LogP contribution in [0, 0.1) is 6.92 Å². The van der Waals surface area contributed by atoms with E-state index in [-0.39, 0.29) is 0 Å². The summed E-state index contributed by atoms with van der Waals surface area (Å²) in [6.45, 7) is 5.00. The Hall–Kier alpha value is -2.21. The average molecular weight is 296 g/mol. The van der Waals surface area contributed by atoms with Crippen LogP contribution in [-0.2, 0) is 13.1 Å². The Morgan fingerprint density at radius 3 is 3.18 bits per heavy atom. The maximum Gasteiger partial charge on any atom is 0.177 e. The van der Waals surface area contributed by atoms with Crippen molar-refractivity contribution in [2.75, 3.05) is 6.54 Å². The molecule has 1 saturated heterocycles. The fourth-order valence-electron chi connectivity index (χ4n) is 3.25. The molecule has 1 atom stereocenters. The van der Waals surface area contributed by atoms with E-state index < -0.39 is 0 Å². The lowest BCUT2D eigenvalue weighted by atomic mass is 10.2. The zero-order chi connectivity index (χ0) is 14.9. The zero-order valence-corrected chi connectivity index (χ0v) is 12.7. The minimum atomic E-state index is 0.528. The molecule has 4 rings (SSSR count). The molecule has 1 fully saturated rings. The van der Waals surface area contributed by atoms with Gasteiger partial charge in [0.25, 0.3) is 0 Å². The highest BCUT2D eigenvalue weighted by molar-refractivity contribution is 5.69. The summed E-state index contributed by atoms with van der Waals surface area (Å²) >= 11 is 0. The van der Waals surface area contributed by atoms with Gasteiger partial charge in [0, 0.05) is 18.4 Å². The van der Waals surface area contributed by atoms with E-state index in [4.69, 9.17) is 0 Å². The molecule has 3 aromatic rings. The van der Waals surface area contributed by atoms with Crippen LogP contribution in [0.15, 0.2) is 30.7 Å². The number of aromatic amines is 1. The van der Waals surface area contributed by atoms with Gasteiger partial charge in [-0.3, -0.25) is 9.58 Å². The number of pyridine rings is 1. The molecule has 0 aliphatic carbocycles. The number of rotatable bonds is 4. The molecule has 0 radical (unpaired) electrons. The van der Waals surface area contributed by atoms with Crippen molar-refractivity contribution in [3.8, 4) is 0 Å². The third-order valence-electron chi connectivity index (χ3n) is 4.32. The molecule has 0 bridgehead atoms. The molecule has 0 saturated carbocycles. The van der Waals surface area contributed by atoms with Gasteiger partial charge in [-0.15, -0.1) is 0 Å². The van der Waals surface area contributed by atoms with Gasteiger partial charge < -0.3 is 4.98 Å². The number of nitrogens with one attached hydrogen (secondary N) is 1. The molecule has 0 aromatic carbocycles. The number of likely N-dealkylation sites (tertiary alicyclic amines) is 1. The van der Waals surface area contributed by atoms with Crippen LogP contribution in [0.25, 0.3) is 11.2 Å². The molecule has 1 N–H and O–H groups in total. The standard InChI is InChI=1S/C16H20N6/c1-12-8-18-22(9-12)10-13-4-3-7-21(13)11-15-19-14-5-2-6-17-16(14)20-15/h2,5-6,8-9,13H,3-4,7,10-11H2,1H3,(H,17,19,20)/t13-/m1/s1. The normalized spacial score (nSPS) is 19.2. The Morgan fingerprint density at radius 1 is 1.41 bits per heavy atom. The molecule has 0 amide bonds. The molecule has 1 aliphatic rings. The molecule has 4 heterocycles. The highest BCUT2D eigenvalue weighted by Crippen LogP contribution is 2.21. The van der Waals surface area contributed by atoms with E-state index in [0.717, 1.165) is 36.6 Å². The summed E-state index contributed by atoms with van der Waals surface area (Å²) in [4.78, 5) is 14.8. The number of hydrogen-bond acceptors (Lipinski definition) is 4. The van der Waals surface area contributed by atoms with Gasteiger partial charge in [0.15, 0.2) is 5.65 Å². The van der Waals surface area contributed by atoms with Crippen LogP contribution in [0.2, 0.25) is 0 Å². The highest BCUT2D eigenvalue weighted by Gasteiger charge is 2.26. The molecule has 114 valence electrons. The summed E-state index contributed by atoms with van der Waals surface area (Å²) < 4.78 is 2.05. The Morgan fingerprint density at radius 2 is 2.36 bits per heavy atom. The summed E-state index contributed by atoms with van der Waals surface area (Å²) in [6.07, 6.45) is 8.28. The van der Waals surface area contributed by atoms with Crippen molar-refractivity contribution in [2.24, 2.45) is 0 Å². The predicted molar refractivity (Wildman–Crippen MR) is 84.3 cm³/mol. The summed E-state index contributed by atoms with van der Waals surface area (Å²) in [5.41, 5.74) is 3.03. The lowest BCUT2D eigenvalue weighted by Gasteiger charge is -2.23. The third kappa shape index (κ3) is 2.62. The van der Waals surface area contributed by atoms with E-state index >= 15 is 0 Å². The molecule has 1 aliphatic heterocycles.